The summed E-state index contributed by atoms with van der Waals surface area (Å²) in [7, 11) is 0. The number of anilines is 2. The second-order valence-electron chi connectivity index (χ2n) is 7.21. The van der Waals surface area contributed by atoms with Crippen molar-refractivity contribution in [1.82, 2.24) is 9.55 Å². The molecular formula is C26H21N5. The molecule has 0 aliphatic carbocycles. The van der Waals surface area contributed by atoms with Crippen LogP contribution in [0.2, 0.25) is 0 Å². The molecule has 0 saturated heterocycles. The van der Waals surface area contributed by atoms with Crippen LogP contribution < -0.4 is 5.32 Å². The number of nitrogens with one attached hydrogen (secondary N) is 1. The number of rotatable bonds is 6. The van der Waals surface area contributed by atoms with Crippen molar-refractivity contribution in [2.75, 3.05) is 5.32 Å². The molecule has 0 spiro atoms. The number of nitrogens with zero attached hydrogens (tertiary/aromatic N) is 4. The molecule has 0 saturated carbocycles. The number of hydrogen-bond donors (Lipinski definition) is 1. The molecule has 1 heterocycles. The molecule has 4 aromatic carbocycles. The third-order valence-electron chi connectivity index (χ3n) is 5.09. The summed E-state index contributed by atoms with van der Waals surface area (Å²) in [6, 6.07) is 32.7. The SMILES string of the molecule is c1ccc(Cn2ccnc2N=Nc2ccc3ccccc3c2Nc2ccccc2)cc1. The van der Waals surface area contributed by atoms with E-state index in [-0.39, 0.29) is 0 Å². The number of azo groups is 1. The quantitative estimate of drug-likeness (QED) is 0.304. The summed E-state index contributed by atoms with van der Waals surface area (Å²) in [5, 5.41) is 14.8. The standard InChI is InChI=1S/C26H21N5/c1-3-9-20(10-4-1)19-31-18-17-27-26(31)30-29-24-16-15-21-11-7-8-14-23(21)25(24)28-22-12-5-2-6-13-22/h1-18,28H,19H2. The van der Waals surface area contributed by atoms with Gasteiger partial charge in [0.25, 0.3) is 0 Å². The van der Waals surface area contributed by atoms with Crippen LogP contribution in [-0.2, 0) is 6.54 Å². The van der Waals surface area contributed by atoms with Gasteiger partial charge in [-0.15, -0.1) is 10.2 Å². The molecular weight excluding hydrogens is 382 g/mol. The topological polar surface area (TPSA) is 54.6 Å². The van der Waals surface area contributed by atoms with Crippen molar-refractivity contribution in [3.63, 3.8) is 0 Å². The second-order valence-corrected chi connectivity index (χ2v) is 7.21. The van der Waals surface area contributed by atoms with Gasteiger partial charge in [0, 0.05) is 23.5 Å². The molecule has 5 aromatic rings. The maximum absolute atomic E-state index is 4.58. The minimum atomic E-state index is 0.572. The fourth-order valence-electron chi connectivity index (χ4n) is 3.55. The first-order valence-corrected chi connectivity index (χ1v) is 10.2. The van der Waals surface area contributed by atoms with Gasteiger partial charge in [-0.3, -0.25) is 0 Å². The Morgan fingerprint density at radius 3 is 2.32 bits per heavy atom. The Kier molecular flexibility index (Phi) is 5.22. The van der Waals surface area contributed by atoms with Crippen LogP contribution in [0, 0.1) is 0 Å². The summed E-state index contributed by atoms with van der Waals surface area (Å²) in [6.07, 6.45) is 3.67. The van der Waals surface area contributed by atoms with Crippen molar-refractivity contribution in [1.29, 1.82) is 0 Å². The van der Waals surface area contributed by atoms with Gasteiger partial charge in [-0.05, 0) is 29.1 Å². The first-order chi connectivity index (χ1) is 15.4. The molecule has 150 valence electrons. The number of fused-ring (bicyclic) bond motifs is 1. The highest BCUT2D eigenvalue weighted by atomic mass is 15.3. The predicted octanol–water partition coefficient (Wildman–Crippen LogP) is 7.24. The van der Waals surface area contributed by atoms with Gasteiger partial charge in [0.1, 0.15) is 5.69 Å². The molecule has 0 radical (unpaired) electrons. The Bertz CT molecular complexity index is 1320. The molecule has 31 heavy (non-hydrogen) atoms. The van der Waals surface area contributed by atoms with Gasteiger partial charge in [0.05, 0.1) is 12.2 Å². The predicted molar refractivity (Wildman–Crippen MR) is 126 cm³/mol. The highest BCUT2D eigenvalue weighted by Gasteiger charge is 2.09. The zero-order valence-corrected chi connectivity index (χ0v) is 16.9. The van der Waals surface area contributed by atoms with Gasteiger partial charge < -0.3 is 9.88 Å². The second kappa shape index (κ2) is 8.63. The van der Waals surface area contributed by atoms with Gasteiger partial charge in [0.15, 0.2) is 0 Å². The van der Waals surface area contributed by atoms with Gasteiger partial charge >= 0.3 is 0 Å². The smallest absolute Gasteiger partial charge is 0.249 e. The number of aromatic nitrogens is 2. The maximum Gasteiger partial charge on any atom is 0.249 e. The molecule has 0 aliphatic rings. The Balaban J connectivity index is 1.50. The first-order valence-electron chi connectivity index (χ1n) is 10.2. The highest BCUT2D eigenvalue weighted by Crippen LogP contribution is 2.36. The van der Waals surface area contributed by atoms with Crippen LogP contribution >= 0.6 is 0 Å². The molecule has 1 aromatic heterocycles. The minimum Gasteiger partial charge on any atom is -0.353 e. The van der Waals surface area contributed by atoms with E-state index in [0.717, 1.165) is 27.8 Å². The Hall–Kier alpha value is -4.25. The molecule has 1 N–H and O–H groups in total. The number of imidazole rings is 1. The number of benzene rings is 4. The average Bonchev–Trinajstić information content (AvgIpc) is 3.26. The highest BCUT2D eigenvalue weighted by molar-refractivity contribution is 6.00. The van der Waals surface area contributed by atoms with Crippen molar-refractivity contribution >= 4 is 33.8 Å². The lowest BCUT2D eigenvalue weighted by atomic mass is 10.1. The molecule has 0 bridgehead atoms. The summed E-state index contributed by atoms with van der Waals surface area (Å²) in [5.41, 5.74) is 3.88. The summed E-state index contributed by atoms with van der Waals surface area (Å²) in [4.78, 5) is 4.39. The molecule has 0 unspecified atom stereocenters. The molecule has 0 amide bonds. The van der Waals surface area contributed by atoms with Crippen molar-refractivity contribution in [2.24, 2.45) is 10.2 Å². The summed E-state index contributed by atoms with van der Waals surface area (Å²) in [5.74, 6) is 0.572. The van der Waals surface area contributed by atoms with E-state index in [0.29, 0.717) is 12.5 Å². The van der Waals surface area contributed by atoms with E-state index in [9.17, 15) is 0 Å². The third kappa shape index (κ3) is 4.21. The largest absolute Gasteiger partial charge is 0.353 e. The van der Waals surface area contributed by atoms with Crippen LogP contribution in [0.4, 0.5) is 23.0 Å². The fraction of sp³-hybridized carbons (Fsp3) is 0.0385. The lowest BCUT2D eigenvalue weighted by Gasteiger charge is -2.12. The zero-order chi connectivity index (χ0) is 20.9. The number of para-hydroxylation sites is 1. The van der Waals surface area contributed by atoms with Gasteiger partial charge in [-0.1, -0.05) is 78.9 Å². The van der Waals surface area contributed by atoms with Crippen LogP contribution in [0.3, 0.4) is 0 Å². The van der Waals surface area contributed by atoms with Crippen molar-refractivity contribution < 1.29 is 0 Å². The Labute approximate surface area is 180 Å². The van der Waals surface area contributed by atoms with Crippen molar-refractivity contribution in [3.05, 3.63) is 115 Å². The van der Waals surface area contributed by atoms with Gasteiger partial charge in [-0.25, -0.2) is 4.98 Å². The monoisotopic (exact) mass is 403 g/mol. The molecule has 5 heteroatoms. The van der Waals surface area contributed by atoms with E-state index >= 15 is 0 Å². The molecule has 0 aliphatic heterocycles. The minimum absolute atomic E-state index is 0.572. The zero-order valence-electron chi connectivity index (χ0n) is 16.9. The van der Waals surface area contributed by atoms with E-state index in [2.05, 4.69) is 50.9 Å². The summed E-state index contributed by atoms with van der Waals surface area (Å²) < 4.78 is 1.99. The van der Waals surface area contributed by atoms with Crippen LogP contribution in [0.15, 0.2) is 120 Å². The lowest BCUT2D eigenvalue weighted by molar-refractivity contribution is 0.791. The van der Waals surface area contributed by atoms with E-state index in [1.165, 1.54) is 5.56 Å². The first kappa shape index (κ1) is 18.8. The van der Waals surface area contributed by atoms with E-state index in [1.807, 2.05) is 77.5 Å². The van der Waals surface area contributed by atoms with E-state index in [4.69, 9.17) is 0 Å². The van der Waals surface area contributed by atoms with Crippen molar-refractivity contribution in [3.8, 4) is 0 Å². The van der Waals surface area contributed by atoms with Crippen LogP contribution in [0.5, 0.6) is 0 Å². The summed E-state index contributed by atoms with van der Waals surface area (Å²) in [6.45, 7) is 0.696. The van der Waals surface area contributed by atoms with Crippen LogP contribution in [-0.4, -0.2) is 9.55 Å². The third-order valence-corrected chi connectivity index (χ3v) is 5.09. The van der Waals surface area contributed by atoms with Gasteiger partial charge in [-0.2, -0.15) is 0 Å². The molecule has 0 fully saturated rings. The number of hydrogen-bond acceptors (Lipinski definition) is 4. The van der Waals surface area contributed by atoms with Gasteiger partial charge in [0.2, 0.25) is 5.95 Å². The fourth-order valence-corrected chi connectivity index (χ4v) is 3.55. The summed E-state index contributed by atoms with van der Waals surface area (Å²) >= 11 is 0. The van der Waals surface area contributed by atoms with Crippen LogP contribution in [0.25, 0.3) is 10.8 Å². The normalized spacial score (nSPS) is 11.2. The van der Waals surface area contributed by atoms with E-state index < -0.39 is 0 Å². The van der Waals surface area contributed by atoms with Crippen molar-refractivity contribution in [2.45, 2.75) is 6.54 Å². The molecule has 5 nitrogen and oxygen atoms in total. The van der Waals surface area contributed by atoms with Crippen LogP contribution in [0.1, 0.15) is 5.56 Å². The van der Waals surface area contributed by atoms with E-state index in [1.54, 1.807) is 6.20 Å². The Morgan fingerprint density at radius 1 is 0.742 bits per heavy atom. The average molecular weight is 403 g/mol. The lowest BCUT2D eigenvalue weighted by Crippen LogP contribution is -1.97. The Morgan fingerprint density at radius 2 is 1.48 bits per heavy atom. The molecule has 0 atom stereocenters. The maximum atomic E-state index is 4.58. The molecule has 5 rings (SSSR count).